The van der Waals surface area contributed by atoms with Crippen molar-refractivity contribution in [3.05, 3.63) is 63.7 Å². The molecule has 1 aliphatic heterocycles. The van der Waals surface area contributed by atoms with Gasteiger partial charge in [-0.05, 0) is 54.0 Å². The molecular formula is C21H23ClN2OS. The molecule has 1 aromatic rings. The molecule has 2 aliphatic carbocycles. The molecule has 2 unspecified atom stereocenters. The molecular weight excluding hydrogens is 364 g/mol. The number of fused-ring (bicyclic) bond motifs is 3. The second-order valence-corrected chi connectivity index (χ2v) is 8.63. The number of halogens is 1. The van der Waals surface area contributed by atoms with Gasteiger partial charge in [0, 0.05) is 28.8 Å². The summed E-state index contributed by atoms with van der Waals surface area (Å²) in [6.07, 6.45) is 8.35. The zero-order chi connectivity index (χ0) is 18.1. The molecule has 136 valence electrons. The number of hydrogen-bond acceptors (Lipinski definition) is 3. The summed E-state index contributed by atoms with van der Waals surface area (Å²) in [5.41, 5.74) is 11.7. The first-order valence-corrected chi connectivity index (χ1v) is 10.6. The van der Waals surface area contributed by atoms with Gasteiger partial charge in [0.05, 0.1) is 5.37 Å². The topological polar surface area (TPSA) is 55.1 Å². The third-order valence-electron chi connectivity index (χ3n) is 5.41. The van der Waals surface area contributed by atoms with E-state index in [1.54, 1.807) is 11.8 Å². The fourth-order valence-electron chi connectivity index (χ4n) is 4.16. The molecule has 1 amide bonds. The average molecular weight is 387 g/mol. The zero-order valence-electron chi connectivity index (χ0n) is 14.6. The summed E-state index contributed by atoms with van der Waals surface area (Å²) in [4.78, 5) is 12.7. The molecule has 3 aliphatic rings. The fraction of sp³-hybridized carbons (Fsp3) is 0.381. The van der Waals surface area contributed by atoms with E-state index in [1.165, 1.54) is 22.3 Å². The van der Waals surface area contributed by atoms with Crippen LogP contribution in [0.1, 0.15) is 30.4 Å². The van der Waals surface area contributed by atoms with Gasteiger partial charge >= 0.3 is 0 Å². The first-order chi connectivity index (χ1) is 12.7. The Hall–Kier alpha value is -1.49. The Balaban J connectivity index is 1.61. The maximum absolute atomic E-state index is 12.7. The number of benzene rings is 1. The van der Waals surface area contributed by atoms with Crippen LogP contribution in [0, 0.1) is 5.92 Å². The Bertz CT molecular complexity index is 827. The Morgan fingerprint density at radius 1 is 1.27 bits per heavy atom. The lowest BCUT2D eigenvalue weighted by Gasteiger charge is -2.39. The van der Waals surface area contributed by atoms with Crippen molar-refractivity contribution in [3.8, 4) is 0 Å². The summed E-state index contributed by atoms with van der Waals surface area (Å²) in [6.45, 7) is 0.285. The van der Waals surface area contributed by atoms with Crippen LogP contribution in [0.5, 0.6) is 0 Å². The van der Waals surface area contributed by atoms with E-state index in [0.717, 1.165) is 42.0 Å². The predicted octanol–water partition coefficient (Wildman–Crippen LogP) is 3.99. The second kappa shape index (κ2) is 7.63. The summed E-state index contributed by atoms with van der Waals surface area (Å²) >= 11 is 7.98. The SMILES string of the molecule is NCC1=C2c3ccccc3CCC2C(SCC2=CCCC(Cl)=C2)NC1=O. The number of nitrogens with one attached hydrogen (secondary N) is 1. The van der Waals surface area contributed by atoms with E-state index in [1.807, 2.05) is 0 Å². The zero-order valence-corrected chi connectivity index (χ0v) is 16.2. The molecule has 0 aromatic heterocycles. The normalized spacial score (nSPS) is 25.1. The first-order valence-electron chi connectivity index (χ1n) is 9.16. The molecule has 1 aromatic carbocycles. The third-order valence-corrected chi connectivity index (χ3v) is 7.01. The monoisotopic (exact) mass is 386 g/mol. The van der Waals surface area contributed by atoms with Crippen LogP contribution in [0.2, 0.25) is 0 Å². The van der Waals surface area contributed by atoms with Crippen molar-refractivity contribution in [2.75, 3.05) is 12.3 Å². The molecule has 26 heavy (non-hydrogen) atoms. The Labute approximate surface area is 163 Å². The van der Waals surface area contributed by atoms with Crippen molar-refractivity contribution in [2.24, 2.45) is 11.7 Å². The van der Waals surface area contributed by atoms with Gasteiger partial charge in [0.2, 0.25) is 5.91 Å². The third kappa shape index (κ3) is 3.38. The van der Waals surface area contributed by atoms with Crippen LogP contribution in [-0.2, 0) is 11.2 Å². The number of hydrogen-bond donors (Lipinski definition) is 2. The number of carbonyl (C=O) groups excluding carboxylic acids is 1. The van der Waals surface area contributed by atoms with Gasteiger partial charge in [-0.1, -0.05) is 41.9 Å². The molecule has 0 saturated heterocycles. The van der Waals surface area contributed by atoms with Gasteiger partial charge in [-0.3, -0.25) is 4.79 Å². The van der Waals surface area contributed by atoms with Crippen LogP contribution in [0.25, 0.3) is 5.57 Å². The number of aryl methyl sites for hydroxylation is 1. The summed E-state index contributed by atoms with van der Waals surface area (Å²) in [6, 6.07) is 8.43. The highest BCUT2D eigenvalue weighted by Gasteiger charge is 2.38. The molecule has 0 bridgehead atoms. The molecule has 3 N–H and O–H groups in total. The van der Waals surface area contributed by atoms with E-state index >= 15 is 0 Å². The van der Waals surface area contributed by atoms with E-state index in [4.69, 9.17) is 17.3 Å². The van der Waals surface area contributed by atoms with E-state index in [0.29, 0.717) is 5.92 Å². The minimum Gasteiger partial charge on any atom is -0.340 e. The lowest BCUT2D eigenvalue weighted by atomic mass is 9.75. The molecule has 5 heteroatoms. The number of rotatable bonds is 4. The van der Waals surface area contributed by atoms with Crippen LogP contribution in [-0.4, -0.2) is 23.6 Å². The van der Waals surface area contributed by atoms with Crippen LogP contribution >= 0.6 is 23.4 Å². The van der Waals surface area contributed by atoms with Gasteiger partial charge in [-0.2, -0.15) is 0 Å². The summed E-state index contributed by atoms with van der Waals surface area (Å²) in [5.74, 6) is 1.17. The van der Waals surface area contributed by atoms with Gasteiger partial charge in [0.15, 0.2) is 0 Å². The van der Waals surface area contributed by atoms with Gasteiger partial charge < -0.3 is 11.1 Å². The second-order valence-electron chi connectivity index (χ2n) is 7.01. The number of thioether (sulfide) groups is 1. The van der Waals surface area contributed by atoms with Crippen LogP contribution in [0.15, 0.2) is 52.6 Å². The Kier molecular flexibility index (Phi) is 5.25. The highest BCUT2D eigenvalue weighted by molar-refractivity contribution is 8.00. The van der Waals surface area contributed by atoms with Crippen molar-refractivity contribution in [1.29, 1.82) is 0 Å². The smallest absolute Gasteiger partial charge is 0.249 e. The molecule has 0 radical (unpaired) electrons. The summed E-state index contributed by atoms with van der Waals surface area (Å²) < 4.78 is 0. The van der Waals surface area contributed by atoms with Crippen molar-refractivity contribution >= 4 is 34.8 Å². The molecule has 0 spiro atoms. The highest BCUT2D eigenvalue weighted by atomic mass is 35.5. The summed E-state index contributed by atoms with van der Waals surface area (Å²) in [5, 5.41) is 4.21. The van der Waals surface area contributed by atoms with Crippen molar-refractivity contribution < 1.29 is 4.79 Å². The van der Waals surface area contributed by atoms with Crippen LogP contribution in [0.4, 0.5) is 0 Å². The minimum absolute atomic E-state index is 0.0147. The first kappa shape index (κ1) is 17.9. The lowest BCUT2D eigenvalue weighted by molar-refractivity contribution is -0.118. The predicted molar refractivity (Wildman–Crippen MR) is 110 cm³/mol. The van der Waals surface area contributed by atoms with Crippen LogP contribution < -0.4 is 11.1 Å². The quantitative estimate of drug-likeness (QED) is 0.822. The molecule has 3 nitrogen and oxygen atoms in total. The van der Waals surface area contributed by atoms with Gasteiger partial charge in [0.1, 0.15) is 0 Å². The lowest BCUT2D eigenvalue weighted by Crippen LogP contribution is -2.47. The van der Waals surface area contributed by atoms with Gasteiger partial charge in [0.25, 0.3) is 0 Å². The molecule has 0 saturated carbocycles. The maximum Gasteiger partial charge on any atom is 0.249 e. The molecule has 2 atom stereocenters. The minimum atomic E-state index is -0.0147. The van der Waals surface area contributed by atoms with Crippen molar-refractivity contribution in [1.82, 2.24) is 5.32 Å². The van der Waals surface area contributed by atoms with E-state index in [-0.39, 0.29) is 17.8 Å². The van der Waals surface area contributed by atoms with Crippen LogP contribution in [0.3, 0.4) is 0 Å². The number of allylic oxidation sites excluding steroid dienone is 3. The molecule has 4 rings (SSSR count). The average Bonchev–Trinajstić information content (AvgIpc) is 2.66. The number of carbonyl (C=O) groups is 1. The van der Waals surface area contributed by atoms with E-state index in [9.17, 15) is 4.79 Å². The summed E-state index contributed by atoms with van der Waals surface area (Å²) in [7, 11) is 0. The van der Waals surface area contributed by atoms with Gasteiger partial charge in [-0.25, -0.2) is 0 Å². The Morgan fingerprint density at radius 2 is 2.12 bits per heavy atom. The molecule has 0 fully saturated rings. The largest absolute Gasteiger partial charge is 0.340 e. The van der Waals surface area contributed by atoms with Crippen molar-refractivity contribution in [2.45, 2.75) is 31.1 Å². The maximum atomic E-state index is 12.7. The van der Waals surface area contributed by atoms with Crippen molar-refractivity contribution in [3.63, 3.8) is 0 Å². The highest BCUT2D eigenvalue weighted by Crippen LogP contribution is 2.44. The number of nitrogens with two attached hydrogens (primary N) is 1. The number of amides is 1. The van der Waals surface area contributed by atoms with Gasteiger partial charge in [-0.15, -0.1) is 11.8 Å². The van der Waals surface area contributed by atoms with E-state index < -0.39 is 0 Å². The Morgan fingerprint density at radius 3 is 2.92 bits per heavy atom. The fourth-order valence-corrected chi connectivity index (χ4v) is 5.68. The molecule has 1 heterocycles. The standard InChI is InChI=1S/C21H23ClN2OS/c22-15-6-3-4-13(10-15)12-26-21-17-9-8-14-5-1-2-7-16(14)19(17)18(11-23)20(25)24-21/h1-2,4-5,7,10,17,21H,3,6,8-9,11-12,23H2,(H,24,25). The van der Waals surface area contributed by atoms with E-state index in [2.05, 4.69) is 41.7 Å².